The van der Waals surface area contributed by atoms with E-state index >= 15 is 0 Å². The van der Waals surface area contributed by atoms with Crippen LogP contribution in [-0.2, 0) is 4.79 Å². The fourth-order valence-electron chi connectivity index (χ4n) is 1.91. The molecule has 0 spiro atoms. The quantitative estimate of drug-likeness (QED) is 0.382. The van der Waals surface area contributed by atoms with Crippen LogP contribution in [0.4, 0.5) is 0 Å². The largest absolute Gasteiger partial charge is 0.544 e. The molecule has 6 nitrogen and oxygen atoms in total. The van der Waals surface area contributed by atoms with E-state index in [1.807, 2.05) is 6.92 Å². The smallest absolute Gasteiger partial charge is 0.161 e. The van der Waals surface area contributed by atoms with E-state index in [1.165, 1.54) is 11.0 Å². The Labute approximate surface area is 136 Å². The van der Waals surface area contributed by atoms with Gasteiger partial charge < -0.3 is 24.3 Å². The van der Waals surface area contributed by atoms with Crippen molar-refractivity contribution in [2.24, 2.45) is 0 Å². The summed E-state index contributed by atoms with van der Waals surface area (Å²) in [6, 6.07) is 6.63. The van der Waals surface area contributed by atoms with Gasteiger partial charge in [0.25, 0.3) is 0 Å². The highest BCUT2D eigenvalue weighted by atomic mass is 16.5. The van der Waals surface area contributed by atoms with Crippen LogP contribution < -0.4 is 19.5 Å². The van der Waals surface area contributed by atoms with Crippen LogP contribution in [-0.4, -0.2) is 39.8 Å². The lowest BCUT2D eigenvalue weighted by Gasteiger charge is -2.13. The van der Waals surface area contributed by atoms with Gasteiger partial charge in [0.1, 0.15) is 6.07 Å². The number of carboxylic acid groups (broad SMARTS) is 1. The van der Waals surface area contributed by atoms with Gasteiger partial charge in [0.05, 0.1) is 45.4 Å². The summed E-state index contributed by atoms with van der Waals surface area (Å²) < 4.78 is 11.2. The minimum atomic E-state index is -1.50. The van der Waals surface area contributed by atoms with Gasteiger partial charge in [0, 0.05) is 6.42 Å². The highest BCUT2D eigenvalue weighted by Crippen LogP contribution is 2.29. The number of nitrogens with zero attached hydrogens (tertiary/aromatic N) is 1. The third kappa shape index (κ3) is 6.41. The number of rotatable bonds is 9. The molecule has 1 aromatic carbocycles. The lowest BCUT2D eigenvalue weighted by Crippen LogP contribution is -3.05. The van der Waals surface area contributed by atoms with E-state index in [2.05, 4.69) is 14.1 Å². The molecule has 0 bridgehead atoms. The van der Waals surface area contributed by atoms with Crippen LogP contribution in [0, 0.1) is 11.3 Å². The molecule has 0 aliphatic heterocycles. The van der Waals surface area contributed by atoms with Gasteiger partial charge in [-0.1, -0.05) is 6.07 Å². The standard InChI is InChI=1S/C17H22N2O4/c1-4-22-16-11-13(10-14(12-18)17(20)21)6-7-15(16)23-9-5-8-19(2)3/h6-7,10-11H,4-5,8-9H2,1-3H3,(H,20,21)/b14-10+. The molecule has 0 aliphatic rings. The highest BCUT2D eigenvalue weighted by molar-refractivity contribution is 5.95. The van der Waals surface area contributed by atoms with Crippen LogP contribution >= 0.6 is 0 Å². The summed E-state index contributed by atoms with van der Waals surface area (Å²) in [6.45, 7) is 3.88. The minimum Gasteiger partial charge on any atom is -0.544 e. The Balaban J connectivity index is 2.89. The van der Waals surface area contributed by atoms with Gasteiger partial charge in [-0.15, -0.1) is 0 Å². The number of carbonyl (C=O) groups excluding carboxylic acids is 1. The summed E-state index contributed by atoms with van der Waals surface area (Å²) in [4.78, 5) is 12.1. The van der Waals surface area contributed by atoms with Crippen LogP contribution in [0.2, 0.25) is 0 Å². The lowest BCUT2D eigenvalue weighted by molar-refractivity contribution is -0.858. The molecule has 0 saturated heterocycles. The number of ether oxygens (including phenoxy) is 2. The third-order valence-electron chi connectivity index (χ3n) is 3.00. The average molecular weight is 318 g/mol. The number of aliphatic carboxylic acids is 1. The Morgan fingerprint density at radius 1 is 1.35 bits per heavy atom. The summed E-state index contributed by atoms with van der Waals surface area (Å²) >= 11 is 0. The zero-order valence-corrected chi connectivity index (χ0v) is 13.7. The summed E-state index contributed by atoms with van der Waals surface area (Å²) in [6.07, 6.45) is 2.16. The van der Waals surface area contributed by atoms with Crippen LogP contribution in [0.5, 0.6) is 11.5 Å². The van der Waals surface area contributed by atoms with E-state index in [4.69, 9.17) is 14.7 Å². The first-order valence-corrected chi connectivity index (χ1v) is 7.49. The van der Waals surface area contributed by atoms with Crippen molar-refractivity contribution in [1.29, 1.82) is 5.26 Å². The first kappa shape index (κ1) is 18.5. The first-order valence-electron chi connectivity index (χ1n) is 7.49. The maximum absolute atomic E-state index is 10.8. The molecule has 0 radical (unpaired) electrons. The van der Waals surface area contributed by atoms with Crippen molar-refractivity contribution in [3.63, 3.8) is 0 Å². The summed E-state index contributed by atoms with van der Waals surface area (Å²) in [7, 11) is 4.16. The van der Waals surface area contributed by atoms with Crippen LogP contribution in [0.15, 0.2) is 23.8 Å². The van der Waals surface area contributed by atoms with Crippen LogP contribution in [0.1, 0.15) is 18.9 Å². The topological polar surface area (TPSA) is 86.8 Å². The van der Waals surface area contributed by atoms with Crippen molar-refractivity contribution >= 4 is 12.0 Å². The fourth-order valence-corrected chi connectivity index (χ4v) is 1.91. The van der Waals surface area contributed by atoms with Gasteiger partial charge in [0.15, 0.2) is 11.5 Å². The second-order valence-electron chi connectivity index (χ2n) is 5.26. The molecule has 1 rings (SSSR count). The summed E-state index contributed by atoms with van der Waals surface area (Å²) in [5, 5.41) is 19.6. The van der Waals surface area contributed by atoms with Crippen LogP contribution in [0.25, 0.3) is 6.08 Å². The van der Waals surface area contributed by atoms with Crippen LogP contribution in [0.3, 0.4) is 0 Å². The van der Waals surface area contributed by atoms with E-state index in [1.54, 1.807) is 24.3 Å². The van der Waals surface area contributed by atoms with E-state index < -0.39 is 11.5 Å². The van der Waals surface area contributed by atoms with E-state index in [9.17, 15) is 9.90 Å². The number of benzene rings is 1. The number of quaternary nitrogens is 1. The molecular weight excluding hydrogens is 296 g/mol. The van der Waals surface area contributed by atoms with Gasteiger partial charge in [-0.05, 0) is 30.7 Å². The molecule has 0 amide bonds. The minimum absolute atomic E-state index is 0.435. The Kier molecular flexibility index (Phi) is 7.64. The van der Waals surface area contributed by atoms with E-state index in [-0.39, 0.29) is 0 Å². The van der Waals surface area contributed by atoms with Gasteiger partial charge >= 0.3 is 0 Å². The molecule has 0 fully saturated rings. The van der Waals surface area contributed by atoms with Crippen molar-refractivity contribution in [2.75, 3.05) is 33.9 Å². The van der Waals surface area contributed by atoms with Crippen molar-refractivity contribution in [2.45, 2.75) is 13.3 Å². The predicted octanol–water partition coefficient (Wildman–Crippen LogP) is -0.344. The maximum Gasteiger partial charge on any atom is 0.161 e. The SMILES string of the molecule is CCOc1cc(/C=C(\C#N)C(=O)[O-])ccc1OCCC[NH+](C)C. The van der Waals surface area contributed by atoms with Gasteiger partial charge in [-0.3, -0.25) is 0 Å². The van der Waals surface area contributed by atoms with E-state index in [0.717, 1.165) is 13.0 Å². The van der Waals surface area contributed by atoms with Gasteiger partial charge in [-0.2, -0.15) is 5.26 Å². The number of nitrogens with one attached hydrogen (secondary N) is 1. The number of carbonyl (C=O) groups is 1. The molecule has 0 unspecified atom stereocenters. The number of hydrogen-bond donors (Lipinski definition) is 1. The third-order valence-corrected chi connectivity index (χ3v) is 3.00. The van der Waals surface area contributed by atoms with Crippen molar-refractivity contribution in [3.05, 3.63) is 29.3 Å². The van der Waals surface area contributed by atoms with Gasteiger partial charge in [0.2, 0.25) is 0 Å². The molecule has 1 N–H and O–H groups in total. The fraction of sp³-hybridized carbons (Fsp3) is 0.412. The Morgan fingerprint density at radius 2 is 2.09 bits per heavy atom. The average Bonchev–Trinajstić information content (AvgIpc) is 2.50. The molecule has 0 saturated carbocycles. The maximum atomic E-state index is 10.8. The molecule has 0 heterocycles. The monoisotopic (exact) mass is 318 g/mol. The van der Waals surface area contributed by atoms with Gasteiger partial charge in [-0.25, -0.2) is 0 Å². The normalized spacial score (nSPS) is 11.2. The number of nitriles is 1. The molecule has 0 aromatic heterocycles. The zero-order valence-electron chi connectivity index (χ0n) is 13.7. The zero-order chi connectivity index (χ0) is 17.2. The molecule has 23 heavy (non-hydrogen) atoms. The molecular formula is C17H22N2O4. The Morgan fingerprint density at radius 3 is 2.65 bits per heavy atom. The highest BCUT2D eigenvalue weighted by Gasteiger charge is 2.07. The second-order valence-corrected chi connectivity index (χ2v) is 5.26. The molecule has 1 aromatic rings. The molecule has 0 atom stereocenters. The van der Waals surface area contributed by atoms with Crippen molar-refractivity contribution in [1.82, 2.24) is 0 Å². The van der Waals surface area contributed by atoms with E-state index in [0.29, 0.717) is 30.3 Å². The molecule has 0 aliphatic carbocycles. The summed E-state index contributed by atoms with van der Waals surface area (Å²) in [5.41, 5.74) is 0.106. The number of carboxylic acids is 1. The first-order chi connectivity index (χ1) is 11.0. The molecule has 124 valence electrons. The Bertz CT molecular complexity index is 603. The Hall–Kier alpha value is -2.52. The molecule has 6 heteroatoms. The van der Waals surface area contributed by atoms with Crippen molar-refractivity contribution < 1.29 is 24.3 Å². The predicted molar refractivity (Wildman–Crippen MR) is 84.0 cm³/mol. The van der Waals surface area contributed by atoms with Crippen molar-refractivity contribution in [3.8, 4) is 17.6 Å². The summed E-state index contributed by atoms with van der Waals surface area (Å²) in [5.74, 6) is -0.379. The number of hydrogen-bond acceptors (Lipinski definition) is 5. The second kappa shape index (κ2) is 9.49. The lowest BCUT2D eigenvalue weighted by atomic mass is 10.1.